The molecule has 4 N–H and O–H groups in total. The van der Waals surface area contributed by atoms with Crippen LogP contribution < -0.4 is 16.6 Å². The van der Waals surface area contributed by atoms with Crippen molar-refractivity contribution in [2.45, 2.75) is 13.0 Å². The molecule has 1 saturated heterocycles. The Hall–Kier alpha value is -1.73. The summed E-state index contributed by atoms with van der Waals surface area (Å²) in [6, 6.07) is 0. The summed E-state index contributed by atoms with van der Waals surface area (Å²) < 4.78 is 0. The van der Waals surface area contributed by atoms with Crippen LogP contribution in [-0.4, -0.2) is 40.4 Å². The van der Waals surface area contributed by atoms with Crippen LogP contribution in [0.25, 0.3) is 0 Å². The number of hydrogen-bond donors (Lipinski definition) is 3. The summed E-state index contributed by atoms with van der Waals surface area (Å²) in [6.45, 7) is 2.68. The number of carbonyl (C=O) groups is 1. The standard InChI is InChI=1S/C10H16N6O/c11-15-9-5-13-8(4-14-9)6-16-3-1-2-12-10(17)7-16/h4-5H,1-3,6-7,11H2,(H,12,17)(H,14,15). The van der Waals surface area contributed by atoms with Gasteiger partial charge in [0.2, 0.25) is 5.91 Å². The second kappa shape index (κ2) is 5.55. The molecular formula is C10H16N6O. The third-order valence-corrected chi connectivity index (χ3v) is 2.58. The second-order valence-corrected chi connectivity index (χ2v) is 3.95. The average Bonchev–Trinajstić information content (AvgIpc) is 2.55. The predicted octanol–water partition coefficient (Wildman–Crippen LogP) is -0.916. The van der Waals surface area contributed by atoms with E-state index in [1.807, 2.05) is 0 Å². The van der Waals surface area contributed by atoms with E-state index in [9.17, 15) is 4.79 Å². The minimum Gasteiger partial charge on any atom is -0.355 e. The molecule has 0 bridgehead atoms. The number of anilines is 1. The largest absolute Gasteiger partial charge is 0.355 e. The first-order valence-corrected chi connectivity index (χ1v) is 5.54. The SMILES string of the molecule is NNc1cnc(CN2CCCNC(=O)C2)cn1. The van der Waals surface area contributed by atoms with Crippen molar-refractivity contribution in [1.82, 2.24) is 20.2 Å². The smallest absolute Gasteiger partial charge is 0.234 e. The van der Waals surface area contributed by atoms with E-state index in [4.69, 9.17) is 5.84 Å². The van der Waals surface area contributed by atoms with Crippen molar-refractivity contribution in [3.63, 3.8) is 0 Å². The van der Waals surface area contributed by atoms with Crippen LogP contribution in [-0.2, 0) is 11.3 Å². The lowest BCUT2D eigenvalue weighted by atomic mass is 10.3. The van der Waals surface area contributed by atoms with Crippen LogP contribution in [0.3, 0.4) is 0 Å². The van der Waals surface area contributed by atoms with Crippen LogP contribution in [0.5, 0.6) is 0 Å². The summed E-state index contributed by atoms with van der Waals surface area (Å²) in [5.41, 5.74) is 3.26. The number of amides is 1. The van der Waals surface area contributed by atoms with Gasteiger partial charge in [-0.15, -0.1) is 0 Å². The van der Waals surface area contributed by atoms with Crippen LogP contribution in [0, 0.1) is 0 Å². The number of nitrogens with one attached hydrogen (secondary N) is 2. The van der Waals surface area contributed by atoms with Crippen molar-refractivity contribution in [3.8, 4) is 0 Å². The number of nitrogen functional groups attached to an aromatic ring is 1. The highest BCUT2D eigenvalue weighted by Crippen LogP contribution is 2.05. The molecule has 1 aliphatic heterocycles. The van der Waals surface area contributed by atoms with E-state index in [1.54, 1.807) is 12.4 Å². The monoisotopic (exact) mass is 236 g/mol. The van der Waals surface area contributed by atoms with E-state index >= 15 is 0 Å². The molecule has 0 atom stereocenters. The van der Waals surface area contributed by atoms with Gasteiger partial charge in [0.15, 0.2) is 5.82 Å². The first kappa shape index (κ1) is 11.7. The summed E-state index contributed by atoms with van der Waals surface area (Å²) >= 11 is 0. The Balaban J connectivity index is 1.96. The van der Waals surface area contributed by atoms with Crippen LogP contribution in [0.1, 0.15) is 12.1 Å². The number of hydrazine groups is 1. The summed E-state index contributed by atoms with van der Waals surface area (Å²) in [6.07, 6.45) is 4.20. The summed E-state index contributed by atoms with van der Waals surface area (Å²) in [7, 11) is 0. The third-order valence-electron chi connectivity index (χ3n) is 2.58. The van der Waals surface area contributed by atoms with E-state index in [0.717, 1.165) is 25.2 Å². The molecule has 0 radical (unpaired) electrons. The topological polar surface area (TPSA) is 96.2 Å². The number of rotatable bonds is 3. The molecule has 0 aliphatic carbocycles. The number of hydrogen-bond acceptors (Lipinski definition) is 6. The maximum atomic E-state index is 11.4. The average molecular weight is 236 g/mol. The molecule has 92 valence electrons. The summed E-state index contributed by atoms with van der Waals surface area (Å²) in [4.78, 5) is 21.7. The lowest BCUT2D eigenvalue weighted by Crippen LogP contribution is -2.32. The Kier molecular flexibility index (Phi) is 3.84. The van der Waals surface area contributed by atoms with Gasteiger partial charge in [-0.3, -0.25) is 14.7 Å². The van der Waals surface area contributed by atoms with E-state index in [1.165, 1.54) is 0 Å². The Morgan fingerprint density at radius 2 is 2.35 bits per heavy atom. The highest BCUT2D eigenvalue weighted by molar-refractivity contribution is 5.78. The fraction of sp³-hybridized carbons (Fsp3) is 0.500. The van der Waals surface area contributed by atoms with E-state index < -0.39 is 0 Å². The first-order chi connectivity index (χ1) is 8.28. The zero-order valence-electron chi connectivity index (χ0n) is 9.52. The summed E-state index contributed by atoms with van der Waals surface area (Å²) in [5.74, 6) is 5.80. The lowest BCUT2D eigenvalue weighted by molar-refractivity contribution is -0.121. The highest BCUT2D eigenvalue weighted by atomic mass is 16.2. The van der Waals surface area contributed by atoms with E-state index in [0.29, 0.717) is 18.9 Å². The zero-order valence-corrected chi connectivity index (χ0v) is 9.52. The van der Waals surface area contributed by atoms with Crippen LogP contribution in [0.2, 0.25) is 0 Å². The molecule has 0 spiro atoms. The molecule has 7 heteroatoms. The quantitative estimate of drug-likeness (QED) is 0.464. The third kappa shape index (κ3) is 3.36. The summed E-state index contributed by atoms with van der Waals surface area (Å²) in [5, 5.41) is 2.84. The molecular weight excluding hydrogens is 220 g/mol. The van der Waals surface area contributed by atoms with Crippen LogP contribution >= 0.6 is 0 Å². The molecule has 0 saturated carbocycles. The minimum atomic E-state index is 0.0655. The molecule has 17 heavy (non-hydrogen) atoms. The number of aromatic nitrogens is 2. The molecule has 0 aromatic carbocycles. The lowest BCUT2D eigenvalue weighted by Gasteiger charge is -2.17. The van der Waals surface area contributed by atoms with Gasteiger partial charge in [-0.1, -0.05) is 0 Å². The van der Waals surface area contributed by atoms with Crippen molar-refractivity contribution in [3.05, 3.63) is 18.1 Å². The number of carbonyl (C=O) groups excluding carboxylic acids is 1. The first-order valence-electron chi connectivity index (χ1n) is 5.54. The molecule has 1 fully saturated rings. The Bertz CT molecular complexity index is 379. The molecule has 0 unspecified atom stereocenters. The molecule has 1 aliphatic rings. The van der Waals surface area contributed by atoms with Crippen molar-refractivity contribution in [1.29, 1.82) is 0 Å². The fourth-order valence-electron chi connectivity index (χ4n) is 1.74. The van der Waals surface area contributed by atoms with Gasteiger partial charge in [0, 0.05) is 19.6 Å². The Labute approximate surface area is 99.4 Å². The Morgan fingerprint density at radius 3 is 3.06 bits per heavy atom. The maximum absolute atomic E-state index is 11.4. The fourth-order valence-corrected chi connectivity index (χ4v) is 1.74. The van der Waals surface area contributed by atoms with Crippen molar-refractivity contribution >= 4 is 11.7 Å². The maximum Gasteiger partial charge on any atom is 0.234 e. The normalized spacial score (nSPS) is 17.4. The molecule has 1 amide bonds. The van der Waals surface area contributed by atoms with Crippen molar-refractivity contribution < 1.29 is 4.79 Å². The minimum absolute atomic E-state index is 0.0655. The Morgan fingerprint density at radius 1 is 1.47 bits per heavy atom. The predicted molar refractivity (Wildman–Crippen MR) is 62.7 cm³/mol. The van der Waals surface area contributed by atoms with Crippen molar-refractivity contribution in [2.24, 2.45) is 5.84 Å². The molecule has 1 aromatic rings. The highest BCUT2D eigenvalue weighted by Gasteiger charge is 2.15. The van der Waals surface area contributed by atoms with Crippen LogP contribution in [0.15, 0.2) is 12.4 Å². The van der Waals surface area contributed by atoms with Gasteiger partial charge in [-0.25, -0.2) is 10.8 Å². The van der Waals surface area contributed by atoms with Gasteiger partial charge >= 0.3 is 0 Å². The van der Waals surface area contributed by atoms with Gasteiger partial charge in [-0.05, 0) is 6.42 Å². The number of nitrogens with two attached hydrogens (primary N) is 1. The van der Waals surface area contributed by atoms with Crippen LogP contribution in [0.4, 0.5) is 5.82 Å². The van der Waals surface area contributed by atoms with Gasteiger partial charge < -0.3 is 10.7 Å². The van der Waals surface area contributed by atoms with Gasteiger partial charge in [0.25, 0.3) is 0 Å². The molecule has 2 heterocycles. The molecule has 7 nitrogen and oxygen atoms in total. The zero-order chi connectivity index (χ0) is 12.1. The second-order valence-electron chi connectivity index (χ2n) is 3.95. The van der Waals surface area contributed by atoms with Gasteiger partial charge in [0.1, 0.15) is 0 Å². The molecule has 1 aromatic heterocycles. The van der Waals surface area contributed by atoms with Gasteiger partial charge in [0.05, 0.1) is 24.6 Å². The van der Waals surface area contributed by atoms with Gasteiger partial charge in [-0.2, -0.15) is 0 Å². The number of nitrogens with zero attached hydrogens (tertiary/aromatic N) is 3. The van der Waals surface area contributed by atoms with E-state index in [2.05, 4.69) is 25.6 Å². The van der Waals surface area contributed by atoms with Crippen molar-refractivity contribution in [2.75, 3.05) is 25.1 Å². The molecule has 2 rings (SSSR count). The van der Waals surface area contributed by atoms with E-state index in [-0.39, 0.29) is 5.91 Å².